The van der Waals surface area contributed by atoms with Gasteiger partial charge in [-0.05, 0) is 216 Å². The number of hydrogen-bond acceptors (Lipinski definition) is 10. The number of hydrogen-bond donors (Lipinski definition) is 2. The second-order valence-corrected chi connectivity index (χ2v) is 22.9. The highest BCUT2D eigenvalue weighted by molar-refractivity contribution is 7.91. The van der Waals surface area contributed by atoms with Gasteiger partial charge in [0.15, 0.2) is 23.1 Å². The number of carbonyl (C=O) groups is 2. The Morgan fingerprint density at radius 3 is 1.32 bits per heavy atom. The molecular formula is C61H52O11S2. The van der Waals surface area contributed by atoms with Crippen molar-refractivity contribution in [1.82, 2.24) is 0 Å². The zero-order valence-electron chi connectivity index (χ0n) is 41.5. The molecule has 2 aliphatic carbocycles. The van der Waals surface area contributed by atoms with Crippen LogP contribution in [0.5, 0.6) is 46.0 Å². The SMILES string of the molecule is Cc1ccc(S(=O)(=O)c2ccc(Oc3ccc(C(=O)c4ccc(Oc5ccc6c(c5)C5(CC(C)(C)c7ccc(Oc8ccc(C(=O)c9ccc(O)cc9)cc8)cc75)CC6(C)C)cc4)cc3)c(OS(=O)O)c2)cc1C. The van der Waals surface area contributed by atoms with Gasteiger partial charge in [0.2, 0.25) is 9.84 Å². The van der Waals surface area contributed by atoms with Crippen LogP contribution in [0.2, 0.25) is 0 Å². The van der Waals surface area contributed by atoms with Gasteiger partial charge in [-0.2, -0.15) is 4.21 Å². The zero-order chi connectivity index (χ0) is 52.3. The first-order valence-electron chi connectivity index (χ1n) is 24.0. The molecule has 10 rings (SSSR count). The van der Waals surface area contributed by atoms with Gasteiger partial charge in [0.25, 0.3) is 0 Å². The number of benzene rings is 8. The third-order valence-corrected chi connectivity index (χ3v) is 16.4. The van der Waals surface area contributed by atoms with Crippen LogP contribution in [0.3, 0.4) is 0 Å². The maximum atomic E-state index is 13.7. The maximum absolute atomic E-state index is 13.7. The van der Waals surface area contributed by atoms with Crippen LogP contribution in [0, 0.1) is 13.8 Å². The van der Waals surface area contributed by atoms with Crippen LogP contribution < -0.4 is 18.4 Å². The molecule has 2 unspecified atom stereocenters. The van der Waals surface area contributed by atoms with Crippen molar-refractivity contribution >= 4 is 32.8 Å². The van der Waals surface area contributed by atoms with E-state index < -0.39 is 21.2 Å². The topological polar surface area (TPSA) is 163 Å². The molecule has 0 radical (unpaired) electrons. The minimum absolute atomic E-state index is 0.0113. The summed E-state index contributed by atoms with van der Waals surface area (Å²) in [5.41, 5.74) is 7.93. The van der Waals surface area contributed by atoms with Gasteiger partial charge in [-0.1, -0.05) is 45.9 Å². The first-order valence-corrected chi connectivity index (χ1v) is 26.5. The molecule has 74 heavy (non-hydrogen) atoms. The number of aryl methyl sites for hydroxylation is 2. The minimum atomic E-state index is -4.00. The number of ether oxygens (including phenoxy) is 3. The Labute approximate surface area is 432 Å². The van der Waals surface area contributed by atoms with Crippen molar-refractivity contribution in [3.63, 3.8) is 0 Å². The van der Waals surface area contributed by atoms with Crippen molar-refractivity contribution < 1.29 is 50.3 Å². The van der Waals surface area contributed by atoms with Gasteiger partial charge in [-0.25, -0.2) is 8.42 Å². The molecule has 0 bridgehead atoms. The predicted molar refractivity (Wildman–Crippen MR) is 283 cm³/mol. The van der Waals surface area contributed by atoms with Crippen LogP contribution in [0.1, 0.15) is 106 Å². The Balaban J connectivity index is 0.840. The van der Waals surface area contributed by atoms with Gasteiger partial charge in [0.1, 0.15) is 34.5 Å². The van der Waals surface area contributed by atoms with E-state index in [0.29, 0.717) is 45.3 Å². The molecule has 374 valence electrons. The standard InChI is InChI=1S/C61H52O11S2/c1-37-7-26-49(31-38(37)2)74(67,68)50-27-30-55(56(34-50)72-73(65)66)71-46-22-14-42(15-23-46)58(64)41-12-20-45(21-13-41)70-48-25-29-52-54(33-48)61(36-60(52,5)6)35-59(3,4)51-28-24-47(32-53(51)61)69-44-18-10-40(11-19-44)57(63)39-8-16-43(62)17-9-39/h7-34,62H,35-36H2,1-6H3,(H,65,66). The number of carbonyl (C=O) groups excluding carboxylic acids is 2. The number of fused-ring (bicyclic) bond motifs is 4. The van der Waals surface area contributed by atoms with Crippen molar-refractivity contribution in [3.05, 3.63) is 225 Å². The Morgan fingerprint density at radius 1 is 0.473 bits per heavy atom. The highest BCUT2D eigenvalue weighted by Crippen LogP contribution is 2.63. The third kappa shape index (κ3) is 9.50. The highest BCUT2D eigenvalue weighted by atomic mass is 32.2. The summed E-state index contributed by atoms with van der Waals surface area (Å²) in [6.07, 6.45) is 1.79. The summed E-state index contributed by atoms with van der Waals surface area (Å²) >= 11 is -2.79. The lowest BCUT2D eigenvalue weighted by Gasteiger charge is -2.30. The van der Waals surface area contributed by atoms with E-state index in [1.54, 1.807) is 97.1 Å². The molecule has 8 aromatic carbocycles. The van der Waals surface area contributed by atoms with E-state index in [1.165, 1.54) is 52.6 Å². The number of rotatable bonds is 14. The van der Waals surface area contributed by atoms with Crippen LogP contribution in [0.25, 0.3) is 0 Å². The van der Waals surface area contributed by atoms with Crippen molar-refractivity contribution in [2.45, 2.75) is 80.4 Å². The van der Waals surface area contributed by atoms with Crippen LogP contribution in [-0.4, -0.2) is 33.9 Å². The van der Waals surface area contributed by atoms with E-state index in [4.69, 9.17) is 18.4 Å². The lowest BCUT2D eigenvalue weighted by atomic mass is 9.72. The molecule has 1 spiro atoms. The fourth-order valence-electron chi connectivity index (χ4n) is 10.7. The molecule has 0 heterocycles. The highest BCUT2D eigenvalue weighted by Gasteiger charge is 2.56. The van der Waals surface area contributed by atoms with Gasteiger partial charge in [0.05, 0.1) is 9.79 Å². The fraction of sp³-hybridized carbons (Fsp3) is 0.180. The zero-order valence-corrected chi connectivity index (χ0v) is 43.1. The molecule has 13 heteroatoms. The van der Waals surface area contributed by atoms with Crippen LogP contribution in [0.4, 0.5) is 0 Å². The molecule has 2 aliphatic rings. The monoisotopic (exact) mass is 1020 g/mol. The Hall–Kier alpha value is -7.84. The molecular weight excluding hydrogens is 973 g/mol. The summed E-state index contributed by atoms with van der Waals surface area (Å²) < 4.78 is 72.3. The Morgan fingerprint density at radius 2 is 0.878 bits per heavy atom. The van der Waals surface area contributed by atoms with E-state index in [2.05, 4.69) is 52.0 Å². The lowest BCUT2D eigenvalue weighted by Crippen LogP contribution is -2.27. The molecule has 0 saturated heterocycles. The second-order valence-electron chi connectivity index (χ2n) is 20.4. The maximum Gasteiger partial charge on any atom is 0.357 e. The van der Waals surface area contributed by atoms with Gasteiger partial charge >= 0.3 is 11.4 Å². The van der Waals surface area contributed by atoms with E-state index in [-0.39, 0.29) is 60.6 Å². The van der Waals surface area contributed by atoms with Gasteiger partial charge in [-0.3, -0.25) is 14.1 Å². The molecule has 0 fully saturated rings. The quantitative estimate of drug-likeness (QED) is 0.0787. The average Bonchev–Trinajstić information content (AvgIpc) is 3.78. The summed E-state index contributed by atoms with van der Waals surface area (Å²) in [5.74, 6) is 2.24. The largest absolute Gasteiger partial charge is 0.508 e. The molecule has 0 aliphatic heterocycles. The van der Waals surface area contributed by atoms with Gasteiger partial charge in [0, 0.05) is 33.7 Å². The smallest absolute Gasteiger partial charge is 0.357 e. The molecule has 0 amide bonds. The molecule has 0 aromatic heterocycles. The van der Waals surface area contributed by atoms with Crippen molar-refractivity contribution in [2.24, 2.45) is 0 Å². The molecule has 11 nitrogen and oxygen atoms in total. The summed E-state index contributed by atoms with van der Waals surface area (Å²) in [6, 6.07) is 47.8. The van der Waals surface area contributed by atoms with Crippen LogP contribution in [0.15, 0.2) is 180 Å². The van der Waals surface area contributed by atoms with E-state index >= 15 is 0 Å². The Kier molecular flexibility index (Phi) is 12.7. The molecule has 8 aromatic rings. The number of phenols is 1. The van der Waals surface area contributed by atoms with Gasteiger partial charge in [-0.15, -0.1) is 0 Å². The lowest BCUT2D eigenvalue weighted by molar-refractivity contribution is 0.103. The predicted octanol–water partition coefficient (Wildman–Crippen LogP) is 13.8. The molecule has 2 atom stereocenters. The van der Waals surface area contributed by atoms with Crippen molar-refractivity contribution in [3.8, 4) is 46.0 Å². The van der Waals surface area contributed by atoms with Crippen LogP contribution >= 0.6 is 0 Å². The van der Waals surface area contributed by atoms with Gasteiger partial charge < -0.3 is 23.5 Å². The van der Waals surface area contributed by atoms with Crippen molar-refractivity contribution in [2.75, 3.05) is 0 Å². The fourth-order valence-corrected chi connectivity index (χ4v) is 12.3. The number of ketones is 2. The number of phenolic OH excluding ortho intramolecular Hbond substituents is 1. The van der Waals surface area contributed by atoms with Crippen LogP contribution in [-0.2, 0) is 37.4 Å². The van der Waals surface area contributed by atoms with E-state index in [0.717, 1.165) is 30.0 Å². The average molecular weight is 1030 g/mol. The third-order valence-electron chi connectivity index (χ3n) is 14.3. The van der Waals surface area contributed by atoms with E-state index in [1.807, 2.05) is 26.0 Å². The summed E-state index contributed by atoms with van der Waals surface area (Å²) in [7, 11) is -4.00. The van der Waals surface area contributed by atoms with Crippen molar-refractivity contribution in [1.29, 1.82) is 0 Å². The molecule has 0 saturated carbocycles. The number of sulfone groups is 1. The Bertz CT molecular complexity index is 3650. The number of aromatic hydroxyl groups is 1. The summed E-state index contributed by atoms with van der Waals surface area (Å²) in [6.45, 7) is 12.9. The minimum Gasteiger partial charge on any atom is -0.508 e. The summed E-state index contributed by atoms with van der Waals surface area (Å²) in [4.78, 5) is 26.7. The normalized spacial score (nSPS) is 16.5. The second kappa shape index (κ2) is 18.9. The first-order chi connectivity index (χ1) is 35.2. The summed E-state index contributed by atoms with van der Waals surface area (Å²) in [5, 5.41) is 9.65. The molecule has 2 N–H and O–H groups in total. The van der Waals surface area contributed by atoms with E-state index in [9.17, 15) is 31.9 Å². The first kappa shape index (κ1) is 49.7.